The number of benzene rings is 4. The average Bonchev–Trinajstić information content (AvgIpc) is 0.840. The van der Waals surface area contributed by atoms with Crippen LogP contribution in [0.4, 0.5) is 22.7 Å². The summed E-state index contributed by atoms with van der Waals surface area (Å²) in [6.07, 6.45) is 17.6. The van der Waals surface area contributed by atoms with Gasteiger partial charge in [-0.1, -0.05) is 128 Å². The van der Waals surface area contributed by atoms with Gasteiger partial charge in [-0.2, -0.15) is 0 Å². The fourth-order valence-corrected chi connectivity index (χ4v) is 6.70. The maximum absolute atomic E-state index is 11.6. The van der Waals surface area contributed by atoms with Crippen molar-refractivity contribution in [2.24, 2.45) is 20.6 Å². The van der Waals surface area contributed by atoms with E-state index in [1.54, 1.807) is 49.6 Å². The Kier molecular flexibility index (Phi) is 38.4. The zero-order valence-electron chi connectivity index (χ0n) is 53.1. The Labute approximate surface area is 564 Å². The number of oxime groups is 4. The SMILES string of the molecule is CC(C)(C)c1cc(/C=N/O)c([O-])c([N+](=O)[O-])c1.CC(C)(C)c1cc(/C=N/O)c([O-])c([N+](=O)[O-])c1.CC(C)(C)c1cc(/C=N/O)c([O-])c([N+](=O)[O-])c1.CC(C)(C)c1cc(/C=N/O)c([O-])c([N+](=O)[O-])c1.[Cu+2].[Cu+2].c1ccncc1.c1ccncc1.c1ccncc1.c1ccncc1. The topological polar surface area (TPSA) is 447 Å². The molecule has 0 saturated carbocycles. The van der Waals surface area contributed by atoms with E-state index in [2.05, 4.69) is 40.6 Å². The molecule has 2 radical (unpaired) electrons. The Morgan fingerprint density at radius 1 is 0.309 bits per heavy atom. The second-order valence-electron chi connectivity index (χ2n) is 22.8. The maximum atomic E-state index is 11.6. The third-order valence-corrected chi connectivity index (χ3v) is 11.7. The summed E-state index contributed by atoms with van der Waals surface area (Å²) in [6.45, 7) is 22.5. The van der Waals surface area contributed by atoms with Gasteiger partial charge in [0.25, 0.3) is 22.7 Å². The third kappa shape index (κ3) is 31.3. The Bertz CT molecular complexity index is 3110. The molecule has 0 saturated heterocycles. The molecule has 8 rings (SSSR count). The van der Waals surface area contributed by atoms with Crippen molar-refractivity contribution in [1.29, 1.82) is 0 Å². The maximum Gasteiger partial charge on any atom is 2.00 e. The van der Waals surface area contributed by atoms with Gasteiger partial charge in [0.05, 0.1) is 44.6 Å². The van der Waals surface area contributed by atoms with Crippen molar-refractivity contribution < 1.29 is 95.1 Å². The first-order valence-electron chi connectivity index (χ1n) is 27.2. The summed E-state index contributed by atoms with van der Waals surface area (Å²) in [5.41, 5.74) is -0.800. The standard InChI is InChI=1S/4C11H14N2O4.4C5H5N.2Cu/c4*1-11(2,3)8-4-7(6-12-15)10(14)9(5-8)13(16)17;4*1-2-4-6-5-3-1;;/h4*4-6,14-15H,1-3H3;4*1-5H;;/q;;;;;;;;2*+2/p-4/b4*12-6+;;;;;;. The Balaban J connectivity index is 0. The van der Waals surface area contributed by atoms with Crippen LogP contribution in [0.15, 0.2) is 192 Å². The average molecular weight is 1390 g/mol. The Morgan fingerprint density at radius 2 is 0.457 bits per heavy atom. The molecule has 0 bridgehead atoms. The quantitative estimate of drug-likeness (QED) is 0.0361. The molecule has 0 fully saturated rings. The monoisotopic (exact) mass is 1390 g/mol. The van der Waals surface area contributed by atoms with E-state index in [0.717, 1.165) is 24.9 Å². The van der Waals surface area contributed by atoms with E-state index < -0.39 is 65.4 Å². The van der Waals surface area contributed by atoms with E-state index in [-0.39, 0.29) is 78.1 Å². The van der Waals surface area contributed by atoms with Gasteiger partial charge in [0, 0.05) is 73.8 Å². The molecule has 28 nitrogen and oxygen atoms in total. The molecular weight excluding hydrogens is 1320 g/mol. The number of pyridine rings is 4. The summed E-state index contributed by atoms with van der Waals surface area (Å²) in [4.78, 5) is 55.2. The van der Waals surface area contributed by atoms with E-state index in [9.17, 15) is 60.9 Å². The van der Waals surface area contributed by atoms with Crippen molar-refractivity contribution in [3.63, 3.8) is 0 Å². The summed E-state index contributed by atoms with van der Waals surface area (Å²) in [5.74, 6) is -3.00. The van der Waals surface area contributed by atoms with Crippen molar-refractivity contribution in [2.45, 2.75) is 105 Å². The van der Waals surface area contributed by atoms with Gasteiger partial charge in [-0.15, -0.1) is 0 Å². The van der Waals surface area contributed by atoms with Crippen molar-refractivity contribution >= 4 is 47.6 Å². The molecule has 4 aromatic heterocycles. The van der Waals surface area contributed by atoms with Crippen molar-refractivity contribution in [2.75, 3.05) is 0 Å². The second kappa shape index (κ2) is 42.3. The van der Waals surface area contributed by atoms with E-state index in [0.29, 0.717) is 22.3 Å². The predicted molar refractivity (Wildman–Crippen MR) is 339 cm³/mol. The van der Waals surface area contributed by atoms with Crippen LogP contribution >= 0.6 is 0 Å². The van der Waals surface area contributed by atoms with Gasteiger partial charge in [-0.25, -0.2) is 0 Å². The number of aromatic nitrogens is 4. The summed E-state index contributed by atoms with van der Waals surface area (Å²) >= 11 is 0. The van der Waals surface area contributed by atoms with E-state index >= 15 is 0 Å². The summed E-state index contributed by atoms with van der Waals surface area (Å²) < 4.78 is 0. The van der Waals surface area contributed by atoms with Crippen LogP contribution in [0, 0.1) is 40.5 Å². The molecule has 8 aromatic rings. The number of hydrogen-bond acceptors (Lipinski definition) is 24. The van der Waals surface area contributed by atoms with Crippen LogP contribution in [0.5, 0.6) is 23.0 Å². The summed E-state index contributed by atoms with van der Waals surface area (Å²) in [7, 11) is 0. The summed E-state index contributed by atoms with van der Waals surface area (Å²) in [5, 5.41) is 134. The molecule has 0 spiro atoms. The summed E-state index contributed by atoms with van der Waals surface area (Å²) in [6, 6.07) is 33.9. The van der Waals surface area contributed by atoms with Crippen LogP contribution in [-0.2, 0) is 55.8 Å². The first kappa shape index (κ1) is 85.3. The second-order valence-corrected chi connectivity index (χ2v) is 22.8. The fourth-order valence-electron chi connectivity index (χ4n) is 6.70. The zero-order chi connectivity index (χ0) is 69.8. The predicted octanol–water partition coefficient (Wildman–Crippen LogP) is 11.4. The number of nitrogens with zero attached hydrogens (tertiary/aromatic N) is 12. The molecular formula is C64H72Cu2N12O16. The smallest absolute Gasteiger partial charge is 0.867 e. The van der Waals surface area contributed by atoms with Crippen molar-refractivity contribution in [3.8, 4) is 23.0 Å². The first-order valence-corrected chi connectivity index (χ1v) is 27.2. The molecule has 4 aromatic carbocycles. The van der Waals surface area contributed by atoms with Crippen LogP contribution in [0.25, 0.3) is 0 Å². The molecule has 506 valence electrons. The molecule has 30 heteroatoms. The molecule has 0 amide bonds. The van der Waals surface area contributed by atoms with Gasteiger partial charge >= 0.3 is 34.1 Å². The molecule has 94 heavy (non-hydrogen) atoms. The largest absolute Gasteiger partial charge is 2.00 e. The number of rotatable bonds is 8. The minimum atomic E-state index is -0.749. The van der Waals surface area contributed by atoms with E-state index in [1.165, 1.54) is 48.5 Å². The van der Waals surface area contributed by atoms with Gasteiger partial charge < -0.3 is 41.3 Å². The Hall–Kier alpha value is -10.8. The van der Waals surface area contributed by atoms with Crippen LogP contribution in [0.2, 0.25) is 0 Å². The van der Waals surface area contributed by atoms with Gasteiger partial charge in [0.1, 0.15) is 0 Å². The molecule has 4 heterocycles. The zero-order valence-corrected chi connectivity index (χ0v) is 55.0. The van der Waals surface area contributed by atoms with Crippen LogP contribution in [0.3, 0.4) is 0 Å². The normalized spacial score (nSPS) is 10.7. The van der Waals surface area contributed by atoms with Gasteiger partial charge in [-0.3, -0.25) is 60.4 Å². The molecule has 0 aliphatic rings. The van der Waals surface area contributed by atoms with Crippen molar-refractivity contribution in [3.05, 3.63) is 256 Å². The molecule has 4 N–H and O–H groups in total. The van der Waals surface area contributed by atoms with Crippen LogP contribution < -0.4 is 20.4 Å². The van der Waals surface area contributed by atoms with Gasteiger partial charge in [-0.05, 0) is 162 Å². The Morgan fingerprint density at radius 3 is 0.543 bits per heavy atom. The number of nitro benzene ring substituents is 4. The van der Waals surface area contributed by atoms with Crippen LogP contribution in [-0.4, -0.2) is 85.3 Å². The van der Waals surface area contributed by atoms with E-state index in [1.807, 2.05) is 156 Å². The first-order chi connectivity index (χ1) is 43.1. The minimum Gasteiger partial charge on any atom is -0.867 e. The van der Waals surface area contributed by atoms with Crippen LogP contribution in [0.1, 0.15) is 128 Å². The van der Waals surface area contributed by atoms with Gasteiger partial charge in [0.2, 0.25) is 0 Å². The number of hydrogen-bond donors (Lipinski definition) is 4. The number of nitro groups is 4. The van der Waals surface area contributed by atoms with Crippen molar-refractivity contribution in [1.82, 2.24) is 19.9 Å². The van der Waals surface area contributed by atoms with Gasteiger partial charge in [0.15, 0.2) is 0 Å². The fraction of sp³-hybridized carbons (Fsp3) is 0.250. The molecule has 0 atom stereocenters. The third-order valence-electron chi connectivity index (χ3n) is 11.7. The minimum absolute atomic E-state index is 0. The van der Waals surface area contributed by atoms with E-state index in [4.69, 9.17) is 20.8 Å². The molecule has 0 aliphatic carbocycles. The molecule has 0 aliphatic heterocycles. The molecule has 0 unspecified atom stereocenters.